The third-order valence-electron chi connectivity index (χ3n) is 2.63. The van der Waals surface area contributed by atoms with E-state index in [0.29, 0.717) is 11.6 Å². The third-order valence-corrected chi connectivity index (χ3v) is 2.86. The normalized spacial score (nSPS) is 14.1. The van der Waals surface area contributed by atoms with Crippen LogP contribution in [0.4, 0.5) is 11.4 Å². The summed E-state index contributed by atoms with van der Waals surface area (Å²) in [7, 11) is 0. The number of nitrogens with one attached hydrogen (secondary N) is 1. The van der Waals surface area contributed by atoms with E-state index in [0.717, 1.165) is 17.9 Å². The van der Waals surface area contributed by atoms with Gasteiger partial charge in [0, 0.05) is 11.6 Å². The van der Waals surface area contributed by atoms with Crippen molar-refractivity contribution in [3.8, 4) is 0 Å². The molecule has 0 fully saturated rings. The smallest absolute Gasteiger partial charge is 0.243 e. The summed E-state index contributed by atoms with van der Waals surface area (Å²) in [6.45, 7) is 5.19. The molecule has 0 bridgehead atoms. The van der Waals surface area contributed by atoms with Crippen LogP contribution in [-0.4, -0.2) is 19.0 Å². The van der Waals surface area contributed by atoms with Crippen LogP contribution in [0.5, 0.6) is 0 Å². The van der Waals surface area contributed by atoms with E-state index in [2.05, 4.69) is 11.4 Å². The number of halogens is 1. The van der Waals surface area contributed by atoms with E-state index in [1.807, 2.05) is 30.9 Å². The van der Waals surface area contributed by atoms with Gasteiger partial charge in [-0.1, -0.05) is 23.3 Å². The third kappa shape index (κ3) is 2.80. The molecule has 0 atom stereocenters. The predicted molar refractivity (Wildman–Crippen MR) is 71.7 cm³/mol. The van der Waals surface area contributed by atoms with E-state index in [4.69, 9.17) is 11.6 Å². The van der Waals surface area contributed by atoms with Gasteiger partial charge in [-0.3, -0.25) is 4.79 Å². The lowest BCUT2D eigenvalue weighted by molar-refractivity contribution is -0.115. The highest BCUT2D eigenvalue weighted by Gasteiger charge is 2.21. The molecule has 2 rings (SSSR count). The van der Waals surface area contributed by atoms with Gasteiger partial charge < -0.3 is 10.2 Å². The lowest BCUT2D eigenvalue weighted by Gasteiger charge is -2.30. The fraction of sp³-hybridized carbons (Fsp3) is 0.308. The van der Waals surface area contributed by atoms with E-state index in [9.17, 15) is 4.79 Å². The number of amides is 1. The molecule has 0 aliphatic carbocycles. The van der Waals surface area contributed by atoms with Crippen LogP contribution in [0.2, 0.25) is 5.02 Å². The number of rotatable bonds is 2. The van der Waals surface area contributed by atoms with Crippen LogP contribution in [0.3, 0.4) is 0 Å². The standard InChI is InChI=1S/C13H15ClN2O/c1-9(2)5-6-16-8-13(17)15-11-4-3-10(14)7-12(11)16/h3-5,7H,6,8H2,1-2H3,(H,15,17). The number of carbonyl (C=O) groups excluding carboxylic acids is 1. The maximum absolute atomic E-state index is 11.6. The number of allylic oxidation sites excluding steroid dienone is 1. The largest absolute Gasteiger partial charge is 0.357 e. The first-order chi connectivity index (χ1) is 8.06. The van der Waals surface area contributed by atoms with Gasteiger partial charge in [-0.15, -0.1) is 0 Å². The minimum absolute atomic E-state index is 0.0157. The molecular formula is C13H15ClN2O. The zero-order valence-electron chi connectivity index (χ0n) is 9.96. The molecule has 3 nitrogen and oxygen atoms in total. The van der Waals surface area contributed by atoms with Gasteiger partial charge in [0.2, 0.25) is 5.91 Å². The van der Waals surface area contributed by atoms with Gasteiger partial charge in [-0.2, -0.15) is 0 Å². The van der Waals surface area contributed by atoms with Crippen molar-refractivity contribution in [1.82, 2.24) is 0 Å². The molecule has 0 spiro atoms. The Balaban J connectivity index is 2.32. The average molecular weight is 251 g/mol. The summed E-state index contributed by atoms with van der Waals surface area (Å²) in [4.78, 5) is 13.6. The van der Waals surface area contributed by atoms with Gasteiger partial charge in [-0.25, -0.2) is 0 Å². The second-order valence-electron chi connectivity index (χ2n) is 4.37. The lowest BCUT2D eigenvalue weighted by atomic mass is 10.2. The summed E-state index contributed by atoms with van der Waals surface area (Å²) < 4.78 is 0. The Morgan fingerprint density at radius 1 is 1.53 bits per heavy atom. The maximum atomic E-state index is 11.6. The fourth-order valence-electron chi connectivity index (χ4n) is 1.78. The minimum atomic E-state index is 0.0157. The van der Waals surface area contributed by atoms with E-state index in [1.54, 1.807) is 6.07 Å². The topological polar surface area (TPSA) is 32.3 Å². The average Bonchev–Trinajstić information content (AvgIpc) is 2.26. The van der Waals surface area contributed by atoms with Crippen molar-refractivity contribution in [1.29, 1.82) is 0 Å². The first-order valence-electron chi connectivity index (χ1n) is 5.54. The molecular weight excluding hydrogens is 236 g/mol. The number of fused-ring (bicyclic) bond motifs is 1. The molecule has 1 N–H and O–H groups in total. The summed E-state index contributed by atoms with van der Waals surface area (Å²) in [6, 6.07) is 5.50. The van der Waals surface area contributed by atoms with Gasteiger partial charge in [0.1, 0.15) is 0 Å². The van der Waals surface area contributed by atoms with Crippen molar-refractivity contribution >= 4 is 28.9 Å². The van der Waals surface area contributed by atoms with Crippen molar-refractivity contribution in [3.63, 3.8) is 0 Å². The number of benzene rings is 1. The van der Waals surface area contributed by atoms with Crippen molar-refractivity contribution in [2.75, 3.05) is 23.3 Å². The van der Waals surface area contributed by atoms with Crippen LogP contribution in [-0.2, 0) is 4.79 Å². The predicted octanol–water partition coefficient (Wildman–Crippen LogP) is 3.06. The van der Waals surface area contributed by atoms with Gasteiger partial charge >= 0.3 is 0 Å². The molecule has 1 heterocycles. The molecule has 1 aromatic carbocycles. The molecule has 1 aliphatic heterocycles. The highest BCUT2D eigenvalue weighted by molar-refractivity contribution is 6.31. The molecule has 0 unspecified atom stereocenters. The second-order valence-corrected chi connectivity index (χ2v) is 4.81. The number of hydrogen-bond acceptors (Lipinski definition) is 2. The number of anilines is 2. The van der Waals surface area contributed by atoms with Crippen LogP contribution in [0, 0.1) is 0 Å². The first kappa shape index (κ1) is 12.0. The Bertz CT molecular complexity index is 478. The second kappa shape index (κ2) is 4.80. The van der Waals surface area contributed by atoms with Gasteiger partial charge in [0.25, 0.3) is 0 Å². The van der Waals surface area contributed by atoms with Crippen molar-refractivity contribution in [3.05, 3.63) is 34.9 Å². The summed E-state index contributed by atoms with van der Waals surface area (Å²) in [6.07, 6.45) is 2.10. The quantitative estimate of drug-likeness (QED) is 0.819. The first-order valence-corrected chi connectivity index (χ1v) is 5.92. The highest BCUT2D eigenvalue weighted by atomic mass is 35.5. The van der Waals surface area contributed by atoms with E-state index >= 15 is 0 Å². The van der Waals surface area contributed by atoms with E-state index in [-0.39, 0.29) is 5.91 Å². The summed E-state index contributed by atoms with van der Waals surface area (Å²) in [5.74, 6) is 0.0157. The Kier molecular flexibility index (Phi) is 3.38. The molecule has 0 saturated heterocycles. The van der Waals surface area contributed by atoms with Crippen LogP contribution in [0.1, 0.15) is 13.8 Å². The number of hydrogen-bond donors (Lipinski definition) is 1. The molecule has 0 saturated carbocycles. The molecule has 0 radical (unpaired) electrons. The monoisotopic (exact) mass is 250 g/mol. The summed E-state index contributed by atoms with van der Waals surface area (Å²) in [5.41, 5.74) is 3.04. The Morgan fingerprint density at radius 2 is 2.29 bits per heavy atom. The Morgan fingerprint density at radius 3 is 3.00 bits per heavy atom. The maximum Gasteiger partial charge on any atom is 0.243 e. The fourth-order valence-corrected chi connectivity index (χ4v) is 1.94. The molecule has 4 heteroatoms. The minimum Gasteiger partial charge on any atom is -0.357 e. The number of nitrogens with zero attached hydrogens (tertiary/aromatic N) is 1. The zero-order valence-corrected chi connectivity index (χ0v) is 10.7. The molecule has 17 heavy (non-hydrogen) atoms. The number of carbonyl (C=O) groups is 1. The highest BCUT2D eigenvalue weighted by Crippen LogP contribution is 2.31. The van der Waals surface area contributed by atoms with Gasteiger partial charge in [-0.05, 0) is 32.0 Å². The summed E-state index contributed by atoms with van der Waals surface area (Å²) in [5, 5.41) is 3.53. The van der Waals surface area contributed by atoms with Gasteiger partial charge in [0.05, 0.1) is 17.9 Å². The molecule has 1 aliphatic rings. The van der Waals surface area contributed by atoms with Crippen LogP contribution in [0.25, 0.3) is 0 Å². The van der Waals surface area contributed by atoms with Crippen LogP contribution < -0.4 is 10.2 Å². The Labute approximate surface area is 106 Å². The van der Waals surface area contributed by atoms with E-state index in [1.165, 1.54) is 5.57 Å². The van der Waals surface area contributed by atoms with Crippen molar-refractivity contribution in [2.24, 2.45) is 0 Å². The van der Waals surface area contributed by atoms with Gasteiger partial charge in [0.15, 0.2) is 0 Å². The molecule has 1 aromatic rings. The SMILES string of the molecule is CC(C)=CCN1CC(=O)Nc2ccc(Cl)cc21. The molecule has 90 valence electrons. The summed E-state index contributed by atoms with van der Waals surface area (Å²) >= 11 is 5.99. The Hall–Kier alpha value is -1.48. The molecule has 1 amide bonds. The van der Waals surface area contributed by atoms with Crippen LogP contribution in [0.15, 0.2) is 29.8 Å². The lowest BCUT2D eigenvalue weighted by Crippen LogP contribution is -2.38. The van der Waals surface area contributed by atoms with Crippen molar-refractivity contribution in [2.45, 2.75) is 13.8 Å². The van der Waals surface area contributed by atoms with E-state index < -0.39 is 0 Å². The van der Waals surface area contributed by atoms with Crippen molar-refractivity contribution < 1.29 is 4.79 Å². The zero-order chi connectivity index (χ0) is 12.4. The van der Waals surface area contributed by atoms with Crippen LogP contribution >= 0.6 is 11.6 Å². The molecule has 0 aromatic heterocycles.